The fraction of sp³-hybridized carbons (Fsp3) is 0.467. The van der Waals surface area contributed by atoms with Crippen LogP contribution in [0.3, 0.4) is 0 Å². The van der Waals surface area contributed by atoms with E-state index in [4.69, 9.17) is 4.74 Å². The predicted octanol–water partition coefficient (Wildman–Crippen LogP) is 1.67. The summed E-state index contributed by atoms with van der Waals surface area (Å²) in [5, 5.41) is 7.34. The van der Waals surface area contributed by atoms with Crippen LogP contribution in [0, 0.1) is 5.82 Å². The van der Waals surface area contributed by atoms with Gasteiger partial charge in [0, 0.05) is 6.54 Å². The third-order valence-corrected chi connectivity index (χ3v) is 3.16. The van der Waals surface area contributed by atoms with Gasteiger partial charge in [-0.15, -0.1) is 0 Å². The highest BCUT2D eigenvalue weighted by Gasteiger charge is 2.17. The maximum atomic E-state index is 13.6. The second kappa shape index (κ2) is 8.92. The third kappa shape index (κ3) is 5.72. The maximum Gasteiger partial charge on any atom is 0.315 e. The number of amides is 3. The maximum absolute atomic E-state index is 13.6. The Bertz CT molecular complexity index is 555. The molecular formula is C15H21F2N3O3. The highest BCUT2D eigenvalue weighted by molar-refractivity contribution is 5.86. The number of ether oxygens (including phenoxy) is 1. The molecule has 0 radical (unpaired) electrons. The highest BCUT2D eigenvalue weighted by Crippen LogP contribution is 2.21. The lowest BCUT2D eigenvalue weighted by atomic mass is 10.1. The van der Waals surface area contributed by atoms with Gasteiger partial charge in [-0.1, -0.05) is 6.07 Å². The van der Waals surface area contributed by atoms with Crippen molar-refractivity contribution in [3.63, 3.8) is 0 Å². The molecule has 0 aliphatic carbocycles. The van der Waals surface area contributed by atoms with Crippen LogP contribution in [-0.4, -0.2) is 38.3 Å². The van der Waals surface area contributed by atoms with Gasteiger partial charge >= 0.3 is 6.03 Å². The normalized spacial score (nSPS) is 12.9. The minimum Gasteiger partial charge on any atom is -0.494 e. The summed E-state index contributed by atoms with van der Waals surface area (Å²) in [5.41, 5.74) is 0.549. The quantitative estimate of drug-likeness (QED) is 0.712. The Balaban J connectivity index is 2.56. The summed E-state index contributed by atoms with van der Waals surface area (Å²) >= 11 is 0. The Morgan fingerprint density at radius 2 is 1.96 bits per heavy atom. The predicted molar refractivity (Wildman–Crippen MR) is 81.5 cm³/mol. The number of alkyl halides is 1. The lowest BCUT2D eigenvalue weighted by Crippen LogP contribution is -2.49. The van der Waals surface area contributed by atoms with E-state index in [0.717, 1.165) is 0 Å². The Morgan fingerprint density at radius 1 is 1.26 bits per heavy atom. The van der Waals surface area contributed by atoms with Crippen molar-refractivity contribution in [3.05, 3.63) is 29.6 Å². The van der Waals surface area contributed by atoms with E-state index in [9.17, 15) is 18.4 Å². The minimum absolute atomic E-state index is 0.103. The number of rotatable bonds is 7. The van der Waals surface area contributed by atoms with E-state index in [1.165, 1.54) is 26.2 Å². The minimum atomic E-state index is -0.818. The van der Waals surface area contributed by atoms with Crippen LogP contribution in [0.5, 0.6) is 5.75 Å². The molecule has 0 aliphatic heterocycles. The van der Waals surface area contributed by atoms with Gasteiger partial charge in [-0.25, -0.2) is 13.6 Å². The topological polar surface area (TPSA) is 79.5 Å². The summed E-state index contributed by atoms with van der Waals surface area (Å²) in [7, 11) is 1.36. The van der Waals surface area contributed by atoms with Gasteiger partial charge in [0.25, 0.3) is 0 Å². The van der Waals surface area contributed by atoms with Gasteiger partial charge in [-0.3, -0.25) is 4.79 Å². The van der Waals surface area contributed by atoms with Crippen molar-refractivity contribution in [3.8, 4) is 5.75 Å². The monoisotopic (exact) mass is 329 g/mol. The molecular weight excluding hydrogens is 308 g/mol. The lowest BCUT2D eigenvalue weighted by molar-refractivity contribution is -0.122. The summed E-state index contributed by atoms with van der Waals surface area (Å²) < 4.78 is 30.4. The second-order valence-electron chi connectivity index (χ2n) is 4.94. The van der Waals surface area contributed by atoms with Crippen molar-refractivity contribution in [2.24, 2.45) is 0 Å². The standard InChI is InChI=1S/C15H21F2N3O3/c1-9(11-4-5-13(23-3)12(17)8-11)19-15(22)20-10(2)14(21)18-7-6-16/h4-5,8-10H,6-7H2,1-3H3,(H,18,21)(H2,19,20,22)/t9-,10+/m1/s1. The zero-order valence-electron chi connectivity index (χ0n) is 13.3. The van der Waals surface area contributed by atoms with E-state index in [1.54, 1.807) is 13.0 Å². The molecule has 1 aromatic rings. The summed E-state index contributed by atoms with van der Waals surface area (Å²) in [6.45, 7) is 2.37. The molecule has 2 atom stereocenters. The molecule has 0 saturated heterocycles. The van der Waals surface area contributed by atoms with Gasteiger partial charge in [0.1, 0.15) is 12.7 Å². The van der Waals surface area contributed by atoms with Gasteiger partial charge in [-0.05, 0) is 31.5 Å². The van der Waals surface area contributed by atoms with E-state index >= 15 is 0 Å². The summed E-state index contributed by atoms with van der Waals surface area (Å²) in [6, 6.07) is 2.48. The molecule has 0 saturated carbocycles. The molecule has 3 N–H and O–H groups in total. The van der Waals surface area contributed by atoms with Crippen LogP contribution in [0.4, 0.5) is 13.6 Å². The molecule has 0 bridgehead atoms. The molecule has 0 aliphatic rings. The van der Waals surface area contributed by atoms with Crippen molar-refractivity contribution in [1.29, 1.82) is 0 Å². The summed E-state index contributed by atoms with van der Waals surface area (Å²) in [6.07, 6.45) is 0. The molecule has 128 valence electrons. The van der Waals surface area contributed by atoms with Gasteiger partial charge in [0.15, 0.2) is 11.6 Å². The van der Waals surface area contributed by atoms with Crippen LogP contribution in [0.25, 0.3) is 0 Å². The molecule has 23 heavy (non-hydrogen) atoms. The van der Waals surface area contributed by atoms with Crippen LogP contribution < -0.4 is 20.7 Å². The van der Waals surface area contributed by atoms with E-state index in [0.29, 0.717) is 5.56 Å². The van der Waals surface area contributed by atoms with E-state index in [2.05, 4.69) is 16.0 Å². The van der Waals surface area contributed by atoms with Gasteiger partial charge in [0.05, 0.1) is 13.2 Å². The molecule has 0 fully saturated rings. The van der Waals surface area contributed by atoms with Crippen molar-refractivity contribution in [2.45, 2.75) is 25.9 Å². The molecule has 3 amide bonds. The van der Waals surface area contributed by atoms with Gasteiger partial charge < -0.3 is 20.7 Å². The number of benzene rings is 1. The van der Waals surface area contributed by atoms with Crippen LogP contribution in [0.2, 0.25) is 0 Å². The fourth-order valence-electron chi connectivity index (χ4n) is 1.86. The number of halogens is 2. The van der Waals surface area contributed by atoms with E-state index in [1.807, 2.05) is 0 Å². The lowest BCUT2D eigenvalue weighted by Gasteiger charge is -2.18. The SMILES string of the molecule is COc1ccc([C@@H](C)NC(=O)N[C@@H](C)C(=O)NCCF)cc1F. The average molecular weight is 329 g/mol. The van der Waals surface area contributed by atoms with Gasteiger partial charge in [0.2, 0.25) is 5.91 Å². The summed E-state index contributed by atoms with van der Waals surface area (Å²) in [4.78, 5) is 23.4. The van der Waals surface area contributed by atoms with Crippen molar-refractivity contribution >= 4 is 11.9 Å². The molecule has 8 heteroatoms. The van der Waals surface area contributed by atoms with Gasteiger partial charge in [-0.2, -0.15) is 0 Å². The van der Waals surface area contributed by atoms with Crippen LogP contribution >= 0.6 is 0 Å². The third-order valence-electron chi connectivity index (χ3n) is 3.16. The second-order valence-corrected chi connectivity index (χ2v) is 4.94. The van der Waals surface area contributed by atoms with Crippen LogP contribution in [0.15, 0.2) is 18.2 Å². The number of nitrogens with one attached hydrogen (secondary N) is 3. The number of urea groups is 1. The molecule has 0 spiro atoms. The van der Waals surface area contributed by atoms with E-state index < -0.39 is 36.5 Å². The Hall–Kier alpha value is -2.38. The Labute approximate surface area is 133 Å². The molecule has 1 aromatic carbocycles. The largest absolute Gasteiger partial charge is 0.494 e. The first-order chi connectivity index (χ1) is 10.9. The first kappa shape index (κ1) is 18.7. The Morgan fingerprint density at radius 3 is 2.52 bits per heavy atom. The molecule has 0 aromatic heterocycles. The zero-order valence-corrected chi connectivity index (χ0v) is 13.3. The van der Waals surface area contributed by atoms with E-state index in [-0.39, 0.29) is 12.3 Å². The number of carbonyl (C=O) groups is 2. The number of hydrogen-bond donors (Lipinski definition) is 3. The molecule has 0 heterocycles. The molecule has 1 rings (SSSR count). The number of hydrogen-bond acceptors (Lipinski definition) is 3. The highest BCUT2D eigenvalue weighted by atomic mass is 19.1. The average Bonchev–Trinajstić information content (AvgIpc) is 2.52. The molecule has 6 nitrogen and oxygen atoms in total. The summed E-state index contributed by atoms with van der Waals surface area (Å²) in [5.74, 6) is -0.900. The first-order valence-electron chi connectivity index (χ1n) is 7.13. The Kier molecular flexibility index (Phi) is 7.24. The molecule has 0 unspecified atom stereocenters. The number of carbonyl (C=O) groups excluding carboxylic acids is 2. The van der Waals surface area contributed by atoms with Crippen molar-refractivity contribution in [1.82, 2.24) is 16.0 Å². The van der Waals surface area contributed by atoms with Crippen LogP contribution in [-0.2, 0) is 4.79 Å². The number of methoxy groups -OCH3 is 1. The van der Waals surface area contributed by atoms with Crippen molar-refractivity contribution < 1.29 is 23.1 Å². The first-order valence-corrected chi connectivity index (χ1v) is 7.13. The smallest absolute Gasteiger partial charge is 0.315 e. The van der Waals surface area contributed by atoms with Crippen LogP contribution in [0.1, 0.15) is 25.5 Å². The fourth-order valence-corrected chi connectivity index (χ4v) is 1.86. The van der Waals surface area contributed by atoms with Crippen molar-refractivity contribution in [2.75, 3.05) is 20.3 Å². The zero-order chi connectivity index (χ0) is 17.4.